The number of aromatic nitrogens is 3. The fourth-order valence-corrected chi connectivity index (χ4v) is 1.87. The van der Waals surface area contributed by atoms with E-state index in [0.717, 1.165) is 29.3 Å². The van der Waals surface area contributed by atoms with E-state index in [1.165, 1.54) is 0 Å². The van der Waals surface area contributed by atoms with E-state index >= 15 is 0 Å². The van der Waals surface area contributed by atoms with Crippen LogP contribution in [0.15, 0.2) is 24.4 Å². The Hall–Kier alpha value is -2.08. The van der Waals surface area contributed by atoms with Crippen molar-refractivity contribution in [2.45, 2.75) is 20.1 Å². The third-order valence-electron chi connectivity index (χ3n) is 2.71. The lowest BCUT2D eigenvalue weighted by atomic mass is 10.2. The maximum absolute atomic E-state index is 5.76. The van der Waals surface area contributed by atoms with Gasteiger partial charge in [-0.2, -0.15) is 0 Å². The van der Waals surface area contributed by atoms with Gasteiger partial charge in [0, 0.05) is 13.6 Å². The molecule has 20 heavy (non-hydrogen) atoms. The number of hydrogen-bond donors (Lipinski definition) is 1. The first-order valence-corrected chi connectivity index (χ1v) is 6.61. The van der Waals surface area contributed by atoms with E-state index in [1.54, 1.807) is 4.68 Å². The van der Waals surface area contributed by atoms with Crippen molar-refractivity contribution in [2.24, 2.45) is 7.05 Å². The Balaban J connectivity index is 2.09. The van der Waals surface area contributed by atoms with Gasteiger partial charge in [0.1, 0.15) is 12.3 Å². The Morgan fingerprint density at radius 2 is 2.10 bits per heavy atom. The summed E-state index contributed by atoms with van der Waals surface area (Å²) >= 11 is 0. The Morgan fingerprint density at radius 1 is 1.25 bits per heavy atom. The standard InChI is InChI=1S/C14H20N4O2/c1-4-19-14-7-11(8-15-2)5-6-13(14)20-10-12-9-18(3)17-16-12/h5-7,9,15H,4,8,10H2,1-3H3. The number of hydrogen-bond acceptors (Lipinski definition) is 5. The van der Waals surface area contributed by atoms with E-state index in [2.05, 4.69) is 15.6 Å². The molecule has 0 atom stereocenters. The summed E-state index contributed by atoms with van der Waals surface area (Å²) in [6.07, 6.45) is 1.83. The fourth-order valence-electron chi connectivity index (χ4n) is 1.87. The predicted molar refractivity (Wildman–Crippen MR) is 75.7 cm³/mol. The van der Waals surface area contributed by atoms with Gasteiger partial charge in [-0.25, -0.2) is 0 Å². The lowest BCUT2D eigenvalue weighted by Gasteiger charge is -2.12. The van der Waals surface area contributed by atoms with E-state index in [9.17, 15) is 0 Å². The summed E-state index contributed by atoms with van der Waals surface area (Å²) in [5.41, 5.74) is 1.94. The zero-order valence-corrected chi connectivity index (χ0v) is 12.1. The number of ether oxygens (including phenoxy) is 2. The molecule has 2 aromatic rings. The summed E-state index contributed by atoms with van der Waals surface area (Å²) in [5, 5.41) is 11.0. The second-order valence-electron chi connectivity index (χ2n) is 4.42. The summed E-state index contributed by atoms with van der Waals surface area (Å²) in [5.74, 6) is 1.47. The topological polar surface area (TPSA) is 61.2 Å². The molecule has 108 valence electrons. The van der Waals surface area contributed by atoms with Gasteiger partial charge in [-0.05, 0) is 31.7 Å². The third-order valence-corrected chi connectivity index (χ3v) is 2.71. The number of nitrogens with zero attached hydrogens (tertiary/aromatic N) is 3. The average Bonchev–Trinajstić information content (AvgIpc) is 2.84. The molecule has 0 fully saturated rings. The van der Waals surface area contributed by atoms with Crippen molar-refractivity contribution in [3.63, 3.8) is 0 Å². The van der Waals surface area contributed by atoms with Crippen molar-refractivity contribution in [1.82, 2.24) is 20.3 Å². The van der Waals surface area contributed by atoms with Gasteiger partial charge in [-0.15, -0.1) is 5.10 Å². The zero-order valence-electron chi connectivity index (χ0n) is 12.1. The van der Waals surface area contributed by atoms with E-state index in [-0.39, 0.29) is 0 Å². The van der Waals surface area contributed by atoms with Crippen LogP contribution in [0, 0.1) is 0 Å². The van der Waals surface area contributed by atoms with Gasteiger partial charge < -0.3 is 14.8 Å². The maximum atomic E-state index is 5.76. The molecule has 6 nitrogen and oxygen atoms in total. The van der Waals surface area contributed by atoms with Crippen LogP contribution in [0.5, 0.6) is 11.5 Å². The van der Waals surface area contributed by atoms with E-state index < -0.39 is 0 Å². The largest absolute Gasteiger partial charge is 0.490 e. The Morgan fingerprint density at radius 3 is 2.75 bits per heavy atom. The van der Waals surface area contributed by atoms with Crippen molar-refractivity contribution in [3.05, 3.63) is 35.7 Å². The first kappa shape index (κ1) is 14.3. The van der Waals surface area contributed by atoms with Gasteiger partial charge in [0.15, 0.2) is 11.5 Å². The van der Waals surface area contributed by atoms with Gasteiger partial charge in [-0.1, -0.05) is 11.3 Å². The first-order chi connectivity index (χ1) is 9.72. The Bertz CT molecular complexity index is 554. The zero-order chi connectivity index (χ0) is 14.4. The minimum Gasteiger partial charge on any atom is -0.490 e. The average molecular weight is 276 g/mol. The number of nitrogens with one attached hydrogen (secondary N) is 1. The molecule has 1 N–H and O–H groups in total. The Labute approximate surface area is 118 Å². The highest BCUT2D eigenvalue weighted by Gasteiger charge is 2.08. The molecule has 0 saturated carbocycles. The van der Waals surface area contributed by atoms with Crippen molar-refractivity contribution >= 4 is 0 Å². The van der Waals surface area contributed by atoms with Crippen LogP contribution in [0.1, 0.15) is 18.2 Å². The highest BCUT2D eigenvalue weighted by Crippen LogP contribution is 2.29. The molecule has 0 bridgehead atoms. The highest BCUT2D eigenvalue weighted by molar-refractivity contribution is 5.43. The summed E-state index contributed by atoms with van der Waals surface area (Å²) < 4.78 is 13.0. The third kappa shape index (κ3) is 3.71. The summed E-state index contributed by atoms with van der Waals surface area (Å²) in [7, 11) is 3.74. The minimum atomic E-state index is 0.374. The van der Waals surface area contributed by atoms with Crippen LogP contribution < -0.4 is 14.8 Å². The molecule has 1 aromatic heterocycles. The molecule has 0 spiro atoms. The number of benzene rings is 1. The molecule has 2 rings (SSSR count). The van der Waals surface area contributed by atoms with Crippen LogP contribution >= 0.6 is 0 Å². The second kappa shape index (κ2) is 6.91. The van der Waals surface area contributed by atoms with E-state index in [1.807, 2.05) is 45.4 Å². The molecular formula is C14H20N4O2. The van der Waals surface area contributed by atoms with Gasteiger partial charge >= 0.3 is 0 Å². The molecule has 0 aliphatic carbocycles. The normalized spacial score (nSPS) is 10.6. The molecule has 0 saturated heterocycles. The summed E-state index contributed by atoms with van der Waals surface area (Å²) in [6.45, 7) is 3.73. The van der Waals surface area contributed by atoms with Gasteiger partial charge in [0.2, 0.25) is 0 Å². The molecule has 0 unspecified atom stereocenters. The first-order valence-electron chi connectivity index (χ1n) is 6.61. The number of aryl methyl sites for hydroxylation is 1. The Kier molecular flexibility index (Phi) is 4.95. The number of rotatable bonds is 7. The molecule has 0 aliphatic rings. The predicted octanol–water partition coefficient (Wildman–Crippen LogP) is 1.51. The lowest BCUT2D eigenvalue weighted by Crippen LogP contribution is -2.06. The van der Waals surface area contributed by atoms with Crippen LogP contribution in [0.3, 0.4) is 0 Å². The lowest BCUT2D eigenvalue weighted by molar-refractivity contribution is 0.266. The van der Waals surface area contributed by atoms with Crippen LogP contribution in [0.4, 0.5) is 0 Å². The molecule has 0 aliphatic heterocycles. The molecule has 1 heterocycles. The van der Waals surface area contributed by atoms with Gasteiger partial charge in [-0.3, -0.25) is 4.68 Å². The molecule has 0 radical (unpaired) electrons. The molecule has 1 aromatic carbocycles. The SMILES string of the molecule is CCOc1cc(CNC)ccc1OCc1cn(C)nn1. The van der Waals surface area contributed by atoms with Crippen LogP contribution in [-0.4, -0.2) is 28.6 Å². The second-order valence-corrected chi connectivity index (χ2v) is 4.42. The quantitative estimate of drug-likeness (QED) is 0.830. The highest BCUT2D eigenvalue weighted by atomic mass is 16.5. The minimum absolute atomic E-state index is 0.374. The van der Waals surface area contributed by atoms with Gasteiger partial charge in [0.05, 0.1) is 12.8 Å². The monoisotopic (exact) mass is 276 g/mol. The van der Waals surface area contributed by atoms with Crippen LogP contribution in [-0.2, 0) is 20.2 Å². The maximum Gasteiger partial charge on any atom is 0.161 e. The van der Waals surface area contributed by atoms with Gasteiger partial charge in [0.25, 0.3) is 0 Å². The summed E-state index contributed by atoms with van der Waals surface area (Å²) in [4.78, 5) is 0. The molecular weight excluding hydrogens is 256 g/mol. The molecule has 0 amide bonds. The summed E-state index contributed by atoms with van der Waals surface area (Å²) in [6, 6.07) is 5.94. The van der Waals surface area contributed by atoms with Crippen LogP contribution in [0.2, 0.25) is 0 Å². The van der Waals surface area contributed by atoms with Crippen molar-refractivity contribution in [1.29, 1.82) is 0 Å². The fraction of sp³-hybridized carbons (Fsp3) is 0.429. The molecule has 6 heteroatoms. The van der Waals surface area contributed by atoms with Crippen molar-refractivity contribution in [3.8, 4) is 11.5 Å². The van der Waals surface area contributed by atoms with E-state index in [0.29, 0.717) is 13.2 Å². The smallest absolute Gasteiger partial charge is 0.161 e. The van der Waals surface area contributed by atoms with Crippen LogP contribution in [0.25, 0.3) is 0 Å². The van der Waals surface area contributed by atoms with Crippen molar-refractivity contribution in [2.75, 3.05) is 13.7 Å². The van der Waals surface area contributed by atoms with Crippen molar-refractivity contribution < 1.29 is 9.47 Å². The van der Waals surface area contributed by atoms with E-state index in [4.69, 9.17) is 9.47 Å².